The summed E-state index contributed by atoms with van der Waals surface area (Å²) in [5.74, 6) is -1.64. The molecule has 3 aromatic heterocycles. The van der Waals surface area contributed by atoms with Crippen molar-refractivity contribution in [1.29, 1.82) is 0 Å². The number of hydrogen-bond donors (Lipinski definition) is 1. The zero-order valence-electron chi connectivity index (χ0n) is 33.8. The number of rotatable bonds is 8. The van der Waals surface area contributed by atoms with Crippen molar-refractivity contribution in [3.63, 3.8) is 0 Å². The Bertz CT molecular complexity index is 2640. The van der Waals surface area contributed by atoms with Gasteiger partial charge in [-0.05, 0) is 167 Å². The van der Waals surface area contributed by atoms with Gasteiger partial charge in [0.05, 0.1) is 11.4 Å². The van der Waals surface area contributed by atoms with E-state index >= 15 is 0 Å². The van der Waals surface area contributed by atoms with Crippen molar-refractivity contribution in [2.45, 2.75) is 44.7 Å². The van der Waals surface area contributed by atoms with Gasteiger partial charge in [0.25, 0.3) is 0 Å². The van der Waals surface area contributed by atoms with Gasteiger partial charge in [-0.3, -0.25) is 5.10 Å². The summed E-state index contributed by atoms with van der Waals surface area (Å²) in [5.41, 5.74) is 1.00. The summed E-state index contributed by atoms with van der Waals surface area (Å²) in [6, 6.07) is 20.0. The van der Waals surface area contributed by atoms with Crippen LogP contribution in [0.1, 0.15) is 7.43 Å². The van der Waals surface area contributed by atoms with Crippen molar-refractivity contribution in [3.05, 3.63) is 138 Å². The van der Waals surface area contributed by atoms with Crippen LogP contribution >= 0.6 is 107 Å². The van der Waals surface area contributed by atoms with Crippen LogP contribution in [0.15, 0.2) is 135 Å². The van der Waals surface area contributed by atoms with Gasteiger partial charge in [0.15, 0.2) is 4.73 Å². The SMILES string of the molecule is Brc1ncn[nH]1.C.FC(F)(F)C(F)(F)Oc1ccc(-n2cnc(Br)n2)cc1.FC(F)(F)C(F)(F)Oc1ccc(Br)cc1.FC(F)(F)Oc1ccc(-n2cnc(Br)n2)cc1.FC(F)(F)Oc1ccc(I)cc1.[Cu][I]. The predicted molar refractivity (Wildman–Crippen MR) is 253 cm³/mol. The molecule has 1 N–H and O–H groups in total. The van der Waals surface area contributed by atoms with Crippen LogP contribution in [0.25, 0.3) is 11.4 Å². The molecule has 0 unspecified atom stereocenters. The minimum absolute atomic E-state index is 0. The van der Waals surface area contributed by atoms with E-state index in [9.17, 15) is 70.2 Å². The Morgan fingerprint density at radius 3 is 1.03 bits per heavy atom. The number of aromatic amines is 1. The van der Waals surface area contributed by atoms with Crippen molar-refractivity contribution in [3.8, 4) is 34.4 Å². The van der Waals surface area contributed by atoms with Gasteiger partial charge in [-0.1, -0.05) is 23.4 Å². The van der Waals surface area contributed by atoms with Gasteiger partial charge < -0.3 is 18.9 Å². The third-order valence-electron chi connectivity index (χ3n) is 6.76. The molecule has 0 fully saturated rings. The van der Waals surface area contributed by atoms with Gasteiger partial charge in [0.2, 0.25) is 9.47 Å². The molecular weight excluding hydrogens is 1580 g/mol. The van der Waals surface area contributed by atoms with E-state index in [1.807, 2.05) is 22.6 Å². The van der Waals surface area contributed by atoms with Gasteiger partial charge >= 0.3 is 70.4 Å². The predicted octanol–water partition coefficient (Wildman–Crippen LogP) is 15.8. The first-order valence-corrected chi connectivity index (χ1v) is 24.8. The Morgan fingerprint density at radius 2 is 0.781 bits per heavy atom. The number of ether oxygens (including phenoxy) is 4. The summed E-state index contributed by atoms with van der Waals surface area (Å²) in [6.45, 7) is 0. The minimum atomic E-state index is -5.78. The molecule has 0 spiro atoms. The molecule has 0 aliphatic heterocycles. The first-order chi connectivity index (χ1) is 33.2. The van der Waals surface area contributed by atoms with Crippen LogP contribution in [-0.2, 0) is 12.8 Å². The first-order valence-electron chi connectivity index (χ1n) is 17.5. The van der Waals surface area contributed by atoms with Gasteiger partial charge in [-0.15, -0.1) is 36.5 Å². The summed E-state index contributed by atoms with van der Waals surface area (Å²) >= 11 is 20.0. The van der Waals surface area contributed by atoms with Crippen molar-refractivity contribution < 1.29 is 102 Å². The Hall–Kier alpha value is -3.72. The number of nitrogens with one attached hydrogen (secondary N) is 1. The van der Waals surface area contributed by atoms with E-state index < -0.39 is 48.8 Å². The van der Waals surface area contributed by atoms with Gasteiger partial charge in [-0.25, -0.2) is 24.3 Å². The molecule has 0 saturated heterocycles. The van der Waals surface area contributed by atoms with Crippen molar-refractivity contribution >= 4 is 107 Å². The third kappa shape index (κ3) is 26.1. The molecule has 3 heterocycles. The second-order valence-electron chi connectivity index (χ2n) is 11.9. The monoisotopic (exact) mass is 1590 g/mol. The normalized spacial score (nSPS) is 11.4. The number of halogens is 22. The van der Waals surface area contributed by atoms with E-state index in [0.29, 0.717) is 30.0 Å². The topological polar surface area (TPSA) is 140 Å². The summed E-state index contributed by atoms with van der Waals surface area (Å²) in [4.78, 5) is 11.3. The molecule has 36 heteroatoms. The maximum absolute atomic E-state index is 12.7. The van der Waals surface area contributed by atoms with E-state index in [1.165, 1.54) is 89.0 Å². The molecule has 13 nitrogen and oxygen atoms in total. The molecule has 0 amide bonds. The number of H-pyrrole nitrogens is 1. The summed E-state index contributed by atoms with van der Waals surface area (Å²) < 4.78 is 212. The van der Waals surface area contributed by atoms with Crippen LogP contribution in [0, 0.1) is 3.57 Å². The first kappa shape index (κ1) is 67.3. The Morgan fingerprint density at radius 1 is 0.466 bits per heavy atom. The van der Waals surface area contributed by atoms with Crippen LogP contribution in [0.3, 0.4) is 0 Å². The summed E-state index contributed by atoms with van der Waals surface area (Å²) in [6.07, 6.45) is -27.0. The molecule has 0 aliphatic rings. The van der Waals surface area contributed by atoms with Gasteiger partial charge in [-0.2, -0.15) is 49.0 Å². The van der Waals surface area contributed by atoms with E-state index in [4.69, 9.17) is 0 Å². The van der Waals surface area contributed by atoms with E-state index in [2.05, 4.69) is 131 Å². The molecule has 73 heavy (non-hydrogen) atoms. The molecule has 0 radical (unpaired) electrons. The third-order valence-corrected chi connectivity index (χ3v) is 9.12. The average Bonchev–Trinajstić information content (AvgIpc) is 4.06. The van der Waals surface area contributed by atoms with Crippen LogP contribution < -0.4 is 18.9 Å². The molecular formula is C37H24Br4CuF16I2N9O4. The number of aromatic nitrogens is 9. The molecule has 0 saturated carbocycles. The number of benzene rings is 4. The van der Waals surface area contributed by atoms with Crippen molar-refractivity contribution in [1.82, 2.24) is 44.7 Å². The van der Waals surface area contributed by atoms with E-state index in [-0.39, 0.29) is 18.9 Å². The Kier molecular flexibility index (Phi) is 27.8. The van der Waals surface area contributed by atoms with Crippen molar-refractivity contribution in [2.24, 2.45) is 0 Å². The number of nitrogens with zero attached hydrogens (tertiary/aromatic N) is 8. The van der Waals surface area contributed by atoms with Gasteiger partial charge in [0, 0.05) is 8.04 Å². The van der Waals surface area contributed by atoms with Crippen LogP contribution in [-0.4, -0.2) is 82.0 Å². The molecule has 7 aromatic rings. The molecule has 406 valence electrons. The molecule has 7 rings (SSSR count). The number of alkyl halides is 16. The summed E-state index contributed by atoms with van der Waals surface area (Å²) in [7, 11) is 0. The quantitative estimate of drug-likeness (QED) is 0.0888. The van der Waals surface area contributed by atoms with Crippen LogP contribution in [0.4, 0.5) is 70.2 Å². The Labute approximate surface area is 466 Å². The van der Waals surface area contributed by atoms with E-state index in [0.717, 1.165) is 27.8 Å². The van der Waals surface area contributed by atoms with Crippen molar-refractivity contribution in [2.75, 3.05) is 0 Å². The molecule has 4 aromatic carbocycles. The van der Waals surface area contributed by atoms with Crippen LogP contribution in [0.2, 0.25) is 0 Å². The zero-order chi connectivity index (χ0) is 54.7. The average molecular weight is 1600 g/mol. The second kappa shape index (κ2) is 30.1. The fraction of sp³-hybridized carbons (Fsp3) is 0.189. The molecule has 0 aliphatic carbocycles. The zero-order valence-corrected chi connectivity index (χ0v) is 45.4. The van der Waals surface area contributed by atoms with E-state index in [1.54, 1.807) is 32.5 Å². The molecule has 0 bridgehead atoms. The maximum atomic E-state index is 12.7. The number of hydrogen-bond acceptors (Lipinski definition) is 10. The molecule has 0 atom stereocenters. The van der Waals surface area contributed by atoms with Gasteiger partial charge in [0.1, 0.15) is 42.0 Å². The second-order valence-corrected chi connectivity index (χ2v) is 16.2. The fourth-order valence-electron chi connectivity index (χ4n) is 3.94. The van der Waals surface area contributed by atoms with Crippen LogP contribution in [0.5, 0.6) is 23.0 Å². The summed E-state index contributed by atoms with van der Waals surface area (Å²) in [5, 5.41) is 13.9. The fourth-order valence-corrected chi connectivity index (χ4v) is 5.29. The standard InChI is InChI=1S/C10H5BrF5N3O.C9H5BrF3N3O.C8H4BrF5O.C7H4F3IO.C2H2BrN3.CH4.Cu.HI/c11-8-17-5-19(18-8)6-1-3-7(4-2-6)20-10(15,16)9(12,13)14;10-8-14-5-16(15-8)6-1-3-7(4-2-6)17-9(11,12)13;9-5-1-3-6(4-2-5)15-8(13,14)7(10,11)12;8-7(9,10)12-6-3-1-5(11)2-4-6;3-2-4-1-5-6-2;;;/h1-5H;1-5H;1-4H;1-4H;1H,(H,4,5,6);1H4;;1H/q;;;;;;+1;/p-1. The Balaban J connectivity index is 0.000000466.